The highest BCUT2D eigenvalue weighted by Gasteiger charge is 2.08. The second-order valence-corrected chi connectivity index (χ2v) is 7.01. The number of nitrogens with one attached hydrogen (secondary N) is 1. The molecule has 0 saturated heterocycles. The minimum Gasteiger partial charge on any atom is -0.314 e. The molecule has 0 amide bonds. The molecular weight excluding hydrogens is 274 g/mol. The third kappa shape index (κ3) is 10.1. The van der Waals surface area contributed by atoms with Crippen LogP contribution in [-0.2, 0) is 6.42 Å². The molecule has 0 saturated carbocycles. The molecule has 1 unspecified atom stereocenters. The Hall–Kier alpha value is -0.340. The summed E-state index contributed by atoms with van der Waals surface area (Å²) in [5.41, 5.74) is 1.52. The Morgan fingerprint density at radius 3 is 2.38 bits per heavy atom. The van der Waals surface area contributed by atoms with Crippen molar-refractivity contribution in [1.82, 2.24) is 5.32 Å². The lowest BCUT2D eigenvalue weighted by molar-refractivity contribution is 0.430. The zero-order valence-corrected chi connectivity index (χ0v) is 15.0. The Morgan fingerprint density at radius 1 is 0.952 bits per heavy atom. The van der Waals surface area contributed by atoms with Gasteiger partial charge in [0.25, 0.3) is 0 Å². The van der Waals surface area contributed by atoms with Gasteiger partial charge in [0.15, 0.2) is 0 Å². The quantitative estimate of drug-likeness (QED) is 0.404. The second kappa shape index (κ2) is 13.3. The van der Waals surface area contributed by atoms with Crippen LogP contribution in [0.25, 0.3) is 0 Å². The van der Waals surface area contributed by atoms with Gasteiger partial charge >= 0.3 is 0 Å². The molecular formula is C19H35NS. The van der Waals surface area contributed by atoms with Crippen LogP contribution in [0.5, 0.6) is 0 Å². The highest BCUT2D eigenvalue weighted by atomic mass is 32.1. The molecule has 122 valence electrons. The maximum atomic E-state index is 3.75. The molecule has 0 aliphatic rings. The van der Waals surface area contributed by atoms with E-state index in [1.54, 1.807) is 0 Å². The molecule has 1 N–H and O–H groups in total. The van der Waals surface area contributed by atoms with Gasteiger partial charge in [-0.2, -0.15) is 11.3 Å². The van der Waals surface area contributed by atoms with Crippen LogP contribution < -0.4 is 5.32 Å². The third-order valence-corrected chi connectivity index (χ3v) is 4.93. The maximum Gasteiger partial charge on any atom is 0.00702 e. The van der Waals surface area contributed by atoms with Crippen LogP contribution >= 0.6 is 11.3 Å². The summed E-state index contributed by atoms with van der Waals surface area (Å²) >= 11 is 1.82. The van der Waals surface area contributed by atoms with Crippen molar-refractivity contribution >= 4 is 11.3 Å². The Balaban J connectivity index is 2.10. The summed E-state index contributed by atoms with van der Waals surface area (Å²) in [6, 6.07) is 3.00. The SMILES string of the molecule is CCCCCCCCCC(CCc1ccsc1)NCCC. The zero-order valence-electron chi connectivity index (χ0n) is 14.2. The van der Waals surface area contributed by atoms with Crippen LogP contribution in [-0.4, -0.2) is 12.6 Å². The van der Waals surface area contributed by atoms with Gasteiger partial charge in [-0.1, -0.05) is 58.8 Å². The van der Waals surface area contributed by atoms with Crippen LogP contribution in [0.3, 0.4) is 0 Å². The van der Waals surface area contributed by atoms with Gasteiger partial charge in [-0.25, -0.2) is 0 Å². The first-order chi connectivity index (χ1) is 10.4. The number of rotatable bonds is 14. The summed E-state index contributed by atoms with van der Waals surface area (Å²) in [5, 5.41) is 8.24. The Labute approximate surface area is 136 Å². The lowest BCUT2D eigenvalue weighted by Crippen LogP contribution is -2.30. The van der Waals surface area contributed by atoms with Crippen molar-refractivity contribution in [3.05, 3.63) is 22.4 Å². The van der Waals surface area contributed by atoms with E-state index in [-0.39, 0.29) is 0 Å². The molecule has 1 aromatic rings. The lowest BCUT2D eigenvalue weighted by atomic mass is 10.0. The molecule has 1 atom stereocenters. The van der Waals surface area contributed by atoms with Crippen LogP contribution in [0.4, 0.5) is 0 Å². The molecule has 0 aromatic carbocycles. The van der Waals surface area contributed by atoms with Gasteiger partial charge < -0.3 is 5.32 Å². The van der Waals surface area contributed by atoms with E-state index in [4.69, 9.17) is 0 Å². The van der Waals surface area contributed by atoms with Crippen LogP contribution in [0.15, 0.2) is 16.8 Å². The normalized spacial score (nSPS) is 12.7. The molecule has 1 rings (SSSR count). The summed E-state index contributed by atoms with van der Waals surface area (Å²) in [6.45, 7) is 5.72. The topological polar surface area (TPSA) is 12.0 Å². The summed E-state index contributed by atoms with van der Waals surface area (Å²) in [6.07, 6.45) is 15.0. The van der Waals surface area contributed by atoms with E-state index in [1.165, 1.54) is 82.7 Å². The highest BCUT2D eigenvalue weighted by molar-refractivity contribution is 7.07. The minimum absolute atomic E-state index is 0.723. The van der Waals surface area contributed by atoms with Crippen LogP contribution in [0, 0.1) is 0 Å². The van der Waals surface area contributed by atoms with Gasteiger partial charge in [-0.3, -0.25) is 0 Å². The fraction of sp³-hybridized carbons (Fsp3) is 0.789. The largest absolute Gasteiger partial charge is 0.314 e. The number of aryl methyl sites for hydroxylation is 1. The molecule has 1 nitrogen and oxygen atoms in total. The van der Waals surface area contributed by atoms with E-state index in [2.05, 4.69) is 36.0 Å². The van der Waals surface area contributed by atoms with Gasteiger partial charge in [0, 0.05) is 6.04 Å². The molecule has 0 fully saturated rings. The number of thiophene rings is 1. The van der Waals surface area contributed by atoms with Gasteiger partial charge in [0.05, 0.1) is 0 Å². The van der Waals surface area contributed by atoms with Crippen molar-refractivity contribution in [3.63, 3.8) is 0 Å². The summed E-state index contributed by atoms with van der Waals surface area (Å²) < 4.78 is 0. The first-order valence-electron chi connectivity index (χ1n) is 9.11. The zero-order chi connectivity index (χ0) is 15.2. The number of hydrogen-bond donors (Lipinski definition) is 1. The minimum atomic E-state index is 0.723. The Morgan fingerprint density at radius 2 is 1.71 bits per heavy atom. The van der Waals surface area contributed by atoms with Gasteiger partial charge in [0.2, 0.25) is 0 Å². The van der Waals surface area contributed by atoms with Crippen molar-refractivity contribution in [2.24, 2.45) is 0 Å². The summed E-state index contributed by atoms with van der Waals surface area (Å²) in [4.78, 5) is 0. The molecule has 1 aromatic heterocycles. The van der Waals surface area contributed by atoms with Gasteiger partial charge in [-0.15, -0.1) is 0 Å². The molecule has 0 aliphatic heterocycles. The van der Waals surface area contributed by atoms with E-state index < -0.39 is 0 Å². The van der Waals surface area contributed by atoms with Crippen molar-refractivity contribution in [2.75, 3.05) is 6.54 Å². The average Bonchev–Trinajstić information content (AvgIpc) is 3.01. The highest BCUT2D eigenvalue weighted by Crippen LogP contribution is 2.14. The van der Waals surface area contributed by atoms with Gasteiger partial charge in [-0.05, 0) is 54.6 Å². The maximum absolute atomic E-state index is 3.75. The molecule has 0 radical (unpaired) electrons. The number of unbranched alkanes of at least 4 members (excludes halogenated alkanes) is 6. The van der Waals surface area contributed by atoms with Crippen LogP contribution in [0.2, 0.25) is 0 Å². The van der Waals surface area contributed by atoms with Crippen molar-refractivity contribution in [1.29, 1.82) is 0 Å². The standard InChI is InChI=1S/C19H35NS/c1-3-5-6-7-8-9-10-11-19(20-15-4-2)13-12-18-14-16-21-17-18/h14,16-17,19-20H,3-13,15H2,1-2H3. The average molecular weight is 310 g/mol. The molecule has 2 heteroatoms. The summed E-state index contributed by atoms with van der Waals surface area (Å²) in [5.74, 6) is 0. The molecule has 1 heterocycles. The molecule has 0 spiro atoms. The van der Waals surface area contributed by atoms with Crippen molar-refractivity contribution < 1.29 is 0 Å². The Kier molecular flexibility index (Phi) is 11.9. The summed E-state index contributed by atoms with van der Waals surface area (Å²) in [7, 11) is 0. The van der Waals surface area contributed by atoms with E-state index in [0.29, 0.717) is 0 Å². The van der Waals surface area contributed by atoms with E-state index >= 15 is 0 Å². The first kappa shape index (κ1) is 18.7. The monoisotopic (exact) mass is 309 g/mol. The lowest BCUT2D eigenvalue weighted by Gasteiger charge is -2.18. The fourth-order valence-corrected chi connectivity index (χ4v) is 3.52. The predicted molar refractivity (Wildman–Crippen MR) is 97.3 cm³/mol. The van der Waals surface area contributed by atoms with Crippen LogP contribution in [0.1, 0.15) is 83.6 Å². The van der Waals surface area contributed by atoms with Crippen molar-refractivity contribution in [3.8, 4) is 0 Å². The smallest absolute Gasteiger partial charge is 0.00702 e. The first-order valence-corrected chi connectivity index (χ1v) is 10.1. The fourth-order valence-electron chi connectivity index (χ4n) is 2.82. The molecule has 21 heavy (non-hydrogen) atoms. The van der Waals surface area contributed by atoms with E-state index in [1.807, 2.05) is 11.3 Å². The molecule has 0 aliphatic carbocycles. The Bertz CT molecular complexity index is 307. The predicted octanol–water partition coefficient (Wildman–Crippen LogP) is 6.19. The van der Waals surface area contributed by atoms with E-state index in [9.17, 15) is 0 Å². The number of hydrogen-bond acceptors (Lipinski definition) is 2. The van der Waals surface area contributed by atoms with Gasteiger partial charge in [0.1, 0.15) is 0 Å². The second-order valence-electron chi connectivity index (χ2n) is 6.23. The van der Waals surface area contributed by atoms with Crippen molar-refractivity contribution in [2.45, 2.75) is 90.5 Å². The van der Waals surface area contributed by atoms with E-state index in [0.717, 1.165) is 6.04 Å². The third-order valence-electron chi connectivity index (χ3n) is 4.20. The molecule has 0 bridgehead atoms.